The Bertz CT molecular complexity index is 582. The van der Waals surface area contributed by atoms with E-state index < -0.39 is 5.97 Å². The van der Waals surface area contributed by atoms with Crippen molar-refractivity contribution in [1.82, 2.24) is 5.32 Å². The molecule has 0 saturated heterocycles. The van der Waals surface area contributed by atoms with E-state index in [-0.39, 0.29) is 30.8 Å². The summed E-state index contributed by atoms with van der Waals surface area (Å²) in [5.41, 5.74) is 0.386. The van der Waals surface area contributed by atoms with Crippen molar-refractivity contribution < 1.29 is 19.1 Å². The van der Waals surface area contributed by atoms with Crippen LogP contribution in [0.25, 0.3) is 0 Å². The second kappa shape index (κ2) is 8.67. The van der Waals surface area contributed by atoms with Crippen LogP contribution in [-0.4, -0.2) is 30.8 Å². The molecule has 124 valence electrons. The maximum atomic E-state index is 11.9. The highest BCUT2D eigenvalue weighted by atomic mass is 35.5. The van der Waals surface area contributed by atoms with E-state index in [4.69, 9.17) is 16.3 Å². The van der Waals surface area contributed by atoms with E-state index in [0.29, 0.717) is 10.6 Å². The van der Waals surface area contributed by atoms with Crippen LogP contribution in [0.5, 0.6) is 0 Å². The van der Waals surface area contributed by atoms with Crippen molar-refractivity contribution in [3.8, 4) is 0 Å². The predicted octanol–water partition coefficient (Wildman–Crippen LogP) is 2.76. The Kier molecular flexibility index (Phi) is 6.59. The first-order valence-corrected chi connectivity index (χ1v) is 8.16. The summed E-state index contributed by atoms with van der Waals surface area (Å²) in [7, 11) is 0. The highest BCUT2D eigenvalue weighted by Gasteiger charge is 2.21. The minimum atomic E-state index is -0.621. The molecule has 1 aliphatic carbocycles. The summed E-state index contributed by atoms with van der Waals surface area (Å²) in [4.78, 5) is 35.4. The van der Waals surface area contributed by atoms with Gasteiger partial charge in [-0.15, -0.1) is 0 Å². The molecule has 0 heterocycles. The molecule has 6 heteroatoms. The van der Waals surface area contributed by atoms with Crippen molar-refractivity contribution in [3.63, 3.8) is 0 Å². The van der Waals surface area contributed by atoms with Crippen molar-refractivity contribution in [2.75, 3.05) is 13.2 Å². The van der Waals surface area contributed by atoms with Crippen molar-refractivity contribution in [2.45, 2.75) is 32.1 Å². The zero-order valence-electron chi connectivity index (χ0n) is 12.8. The molecule has 1 saturated carbocycles. The minimum absolute atomic E-state index is 0.00959. The third-order valence-corrected chi connectivity index (χ3v) is 4.13. The maximum Gasteiger partial charge on any atom is 0.325 e. The lowest BCUT2D eigenvalue weighted by atomic mass is 9.89. The summed E-state index contributed by atoms with van der Waals surface area (Å²) in [6.45, 7) is -0.573. The summed E-state index contributed by atoms with van der Waals surface area (Å²) < 4.78 is 4.89. The van der Waals surface area contributed by atoms with Gasteiger partial charge in [-0.05, 0) is 25.0 Å². The van der Waals surface area contributed by atoms with E-state index in [0.717, 1.165) is 32.1 Å². The number of benzene rings is 1. The molecule has 23 heavy (non-hydrogen) atoms. The van der Waals surface area contributed by atoms with Gasteiger partial charge in [0, 0.05) is 16.5 Å². The van der Waals surface area contributed by atoms with Gasteiger partial charge in [0.15, 0.2) is 12.4 Å². The van der Waals surface area contributed by atoms with Crippen LogP contribution < -0.4 is 5.32 Å². The molecule has 5 nitrogen and oxygen atoms in total. The van der Waals surface area contributed by atoms with Gasteiger partial charge in [-0.25, -0.2) is 0 Å². The van der Waals surface area contributed by atoms with Crippen LogP contribution >= 0.6 is 11.6 Å². The Morgan fingerprint density at radius 3 is 2.61 bits per heavy atom. The van der Waals surface area contributed by atoms with E-state index in [1.165, 1.54) is 6.07 Å². The number of carbonyl (C=O) groups is 3. The lowest BCUT2D eigenvalue weighted by molar-refractivity contribution is -0.143. The number of carbonyl (C=O) groups excluding carboxylic acids is 3. The van der Waals surface area contributed by atoms with Gasteiger partial charge in [0.2, 0.25) is 5.91 Å². The molecule has 1 amide bonds. The molecule has 1 aromatic rings. The van der Waals surface area contributed by atoms with Gasteiger partial charge in [0.05, 0.1) is 0 Å². The largest absolute Gasteiger partial charge is 0.456 e. The van der Waals surface area contributed by atoms with Crippen LogP contribution in [0.3, 0.4) is 0 Å². The molecule has 0 atom stereocenters. The van der Waals surface area contributed by atoms with Crippen LogP contribution in [0.15, 0.2) is 24.3 Å². The fraction of sp³-hybridized carbons (Fsp3) is 0.471. The molecule has 2 rings (SSSR count). The summed E-state index contributed by atoms with van der Waals surface area (Å²) in [5, 5.41) is 3.03. The van der Waals surface area contributed by atoms with E-state index >= 15 is 0 Å². The smallest absolute Gasteiger partial charge is 0.325 e. The quantitative estimate of drug-likeness (QED) is 0.640. The van der Waals surface area contributed by atoms with E-state index in [9.17, 15) is 14.4 Å². The lowest BCUT2D eigenvalue weighted by Crippen LogP contribution is -2.36. The first-order chi connectivity index (χ1) is 11.1. The van der Waals surface area contributed by atoms with Gasteiger partial charge in [-0.2, -0.15) is 0 Å². The Labute approximate surface area is 140 Å². The number of halogens is 1. The fourth-order valence-electron chi connectivity index (χ4n) is 2.61. The fourth-order valence-corrected chi connectivity index (χ4v) is 2.80. The van der Waals surface area contributed by atoms with Crippen molar-refractivity contribution in [1.29, 1.82) is 0 Å². The highest BCUT2D eigenvalue weighted by Crippen LogP contribution is 2.23. The van der Waals surface area contributed by atoms with E-state index in [2.05, 4.69) is 5.32 Å². The third kappa shape index (κ3) is 5.67. The Morgan fingerprint density at radius 1 is 1.17 bits per heavy atom. The van der Waals surface area contributed by atoms with Crippen LogP contribution in [0.4, 0.5) is 0 Å². The SMILES string of the molecule is O=C(CNC(=O)C1CCCCC1)OCC(=O)c1cccc(Cl)c1. The van der Waals surface area contributed by atoms with E-state index in [1.807, 2.05) is 0 Å². The van der Waals surface area contributed by atoms with Gasteiger partial charge >= 0.3 is 5.97 Å². The van der Waals surface area contributed by atoms with Crippen LogP contribution in [0.1, 0.15) is 42.5 Å². The molecular formula is C17H20ClNO4. The topological polar surface area (TPSA) is 72.5 Å². The summed E-state index contributed by atoms with van der Waals surface area (Å²) in [6, 6.07) is 6.43. The Hall–Kier alpha value is -1.88. The number of esters is 1. The molecule has 0 aromatic heterocycles. The standard InChI is InChI=1S/C17H20ClNO4/c18-14-8-4-7-13(9-14)15(20)11-23-16(21)10-19-17(22)12-5-2-1-3-6-12/h4,7-9,12H,1-3,5-6,10-11H2,(H,19,22). The second-order valence-electron chi connectivity index (χ2n) is 5.65. The van der Waals surface area contributed by atoms with E-state index in [1.54, 1.807) is 18.2 Å². The van der Waals surface area contributed by atoms with Crippen molar-refractivity contribution in [3.05, 3.63) is 34.9 Å². The monoisotopic (exact) mass is 337 g/mol. The molecular weight excluding hydrogens is 318 g/mol. The van der Waals surface area contributed by atoms with Crippen LogP contribution in [-0.2, 0) is 14.3 Å². The number of nitrogens with one attached hydrogen (secondary N) is 1. The van der Waals surface area contributed by atoms with Gasteiger partial charge in [0.25, 0.3) is 0 Å². The molecule has 0 aliphatic heterocycles. The third-order valence-electron chi connectivity index (χ3n) is 3.89. The average molecular weight is 338 g/mol. The predicted molar refractivity (Wildman–Crippen MR) is 86.3 cm³/mol. The molecule has 1 aromatic carbocycles. The number of ether oxygens (including phenoxy) is 1. The molecule has 1 N–H and O–H groups in total. The Morgan fingerprint density at radius 2 is 1.91 bits per heavy atom. The number of Topliss-reactive ketones (excluding diaryl/α,β-unsaturated/α-hetero) is 1. The minimum Gasteiger partial charge on any atom is -0.456 e. The molecule has 0 radical (unpaired) electrons. The first kappa shape index (κ1) is 17.5. The van der Waals surface area contributed by atoms with Crippen molar-refractivity contribution in [2.24, 2.45) is 5.92 Å². The lowest BCUT2D eigenvalue weighted by Gasteiger charge is -2.20. The van der Waals surface area contributed by atoms with Crippen LogP contribution in [0, 0.1) is 5.92 Å². The molecule has 1 fully saturated rings. The molecule has 0 bridgehead atoms. The summed E-state index contributed by atoms with van der Waals surface area (Å²) >= 11 is 5.80. The molecule has 1 aliphatic rings. The highest BCUT2D eigenvalue weighted by molar-refractivity contribution is 6.31. The summed E-state index contributed by atoms with van der Waals surface area (Å²) in [6.07, 6.45) is 5.01. The maximum absolute atomic E-state index is 11.9. The zero-order valence-corrected chi connectivity index (χ0v) is 13.6. The second-order valence-corrected chi connectivity index (χ2v) is 6.08. The average Bonchev–Trinajstić information content (AvgIpc) is 2.58. The number of rotatable bonds is 6. The Balaban J connectivity index is 1.70. The zero-order chi connectivity index (χ0) is 16.7. The molecule has 0 spiro atoms. The molecule has 0 unspecified atom stereocenters. The van der Waals surface area contributed by atoms with Crippen LogP contribution in [0.2, 0.25) is 5.02 Å². The van der Waals surface area contributed by atoms with Gasteiger partial charge < -0.3 is 10.1 Å². The van der Waals surface area contributed by atoms with Crippen molar-refractivity contribution >= 4 is 29.3 Å². The van der Waals surface area contributed by atoms with Gasteiger partial charge in [-0.1, -0.05) is 43.0 Å². The number of hydrogen-bond donors (Lipinski definition) is 1. The number of ketones is 1. The van der Waals surface area contributed by atoms with Gasteiger partial charge in [-0.3, -0.25) is 14.4 Å². The first-order valence-electron chi connectivity index (χ1n) is 7.78. The summed E-state index contributed by atoms with van der Waals surface area (Å²) in [5.74, 6) is -1.07. The number of hydrogen-bond acceptors (Lipinski definition) is 4. The van der Waals surface area contributed by atoms with Gasteiger partial charge in [0.1, 0.15) is 6.54 Å². The normalized spacial score (nSPS) is 15.0. The number of amides is 1.